The number of amides is 12. The second kappa shape index (κ2) is 36.2. The van der Waals surface area contributed by atoms with Crippen LogP contribution >= 0.6 is 23.2 Å². The van der Waals surface area contributed by atoms with Gasteiger partial charge in [-0.25, -0.2) is 0 Å². The quantitative estimate of drug-likeness (QED) is 0.208. The van der Waals surface area contributed by atoms with Crippen molar-refractivity contribution in [3.63, 3.8) is 0 Å². The van der Waals surface area contributed by atoms with Gasteiger partial charge in [0.15, 0.2) is 0 Å². The van der Waals surface area contributed by atoms with E-state index < -0.39 is 174 Å². The molecule has 560 valence electrons. The van der Waals surface area contributed by atoms with Gasteiger partial charge in [0.1, 0.15) is 47.8 Å². The van der Waals surface area contributed by atoms with E-state index in [1.807, 2.05) is 20.8 Å². The number of nitrogens with zero attached hydrogens (tertiary/aromatic N) is 9. The molecule has 5 unspecified atom stereocenters. The van der Waals surface area contributed by atoms with Crippen molar-refractivity contribution in [1.82, 2.24) is 60.0 Å². The summed E-state index contributed by atoms with van der Waals surface area (Å²) in [6, 6.07) is -8.77. The van der Waals surface area contributed by atoms with Gasteiger partial charge in [0.2, 0.25) is 70.9 Å². The van der Waals surface area contributed by atoms with Crippen molar-refractivity contribution in [3.05, 3.63) is 0 Å². The molecule has 13 atom stereocenters. The van der Waals surface area contributed by atoms with Gasteiger partial charge < -0.3 is 60.0 Å². The molecule has 3 aliphatic carbocycles. The number of alkyl halides is 5. The standard InChI is InChI=1S/C70H113Cl2F3N12O12/c1-14-44(6)59-66(97)81(9)40-57(90)79(7)41-58(91)83(11)53(37-46-22-20-23-47(71)35-46)64(95)80(8)39-55(88)76-50(28-26-45-25-27-48(49(72)36-45)70(73,74)75)63(94)87-33-21-24-51(87)62(93)78-69(29-16-17-30-69)68(99)85(13)60(43(4)5)67(98)84(12)54(65(96)86-31-18-15-19-32-86)38-56(89)82(10)52(34-42(2)3)61(92)77-59/h42-54,59-60H,14-41H2,1-13H3,(H,76,88)(H,77,92)(H,78,93)/t44-,45?,46?,47?,48?,49?,50-,51-,52-,53-,54-,59-,60-/m0/s1. The topological polar surface area (TPSA) is 270 Å². The number of halogens is 5. The zero-order chi connectivity index (χ0) is 73.7. The molecule has 12 amide bonds. The molecule has 6 aliphatic rings. The molecule has 0 radical (unpaired) electrons. The van der Waals surface area contributed by atoms with Crippen molar-refractivity contribution in [1.29, 1.82) is 0 Å². The zero-order valence-electron chi connectivity index (χ0n) is 60.8. The van der Waals surface area contributed by atoms with E-state index in [4.69, 9.17) is 23.2 Å². The third-order valence-corrected chi connectivity index (χ3v) is 22.9. The van der Waals surface area contributed by atoms with Crippen molar-refractivity contribution < 1.29 is 70.7 Å². The number of carbonyl (C=O) groups excluding carboxylic acids is 12. The predicted molar refractivity (Wildman–Crippen MR) is 368 cm³/mol. The van der Waals surface area contributed by atoms with Gasteiger partial charge in [0.25, 0.3) is 0 Å². The highest BCUT2D eigenvalue weighted by molar-refractivity contribution is 6.21. The molecular formula is C70H113Cl2F3N12O12. The second-order valence-corrected chi connectivity index (χ2v) is 31.4. The summed E-state index contributed by atoms with van der Waals surface area (Å²) in [7, 11) is 9.84. The number of nitrogens with one attached hydrogen (secondary N) is 3. The number of carbonyl (C=O) groups is 12. The summed E-state index contributed by atoms with van der Waals surface area (Å²) in [5.41, 5.74) is -1.57. The second-order valence-electron chi connectivity index (χ2n) is 30.2. The monoisotopic (exact) mass is 1440 g/mol. The molecule has 3 heterocycles. The summed E-state index contributed by atoms with van der Waals surface area (Å²) in [5, 5.41) is 7.32. The van der Waals surface area contributed by atoms with Crippen molar-refractivity contribution in [2.75, 3.05) is 88.6 Å². The number of fused-ring (bicyclic) bond motifs is 1. The molecule has 0 aromatic rings. The van der Waals surface area contributed by atoms with E-state index in [9.17, 15) is 51.5 Å². The van der Waals surface area contributed by atoms with Crippen LogP contribution in [-0.2, 0) is 57.5 Å². The Morgan fingerprint density at radius 1 is 0.596 bits per heavy atom. The van der Waals surface area contributed by atoms with E-state index >= 15 is 19.2 Å². The molecule has 6 fully saturated rings. The van der Waals surface area contributed by atoms with Crippen LogP contribution in [0, 0.1) is 35.5 Å². The number of likely N-dealkylation sites (tertiary alicyclic amines) is 1. The summed E-state index contributed by atoms with van der Waals surface area (Å²) in [6.07, 6.45) is 2.39. The maximum Gasteiger partial charge on any atom is 0.393 e. The molecule has 6 rings (SSSR count). The summed E-state index contributed by atoms with van der Waals surface area (Å²) in [4.78, 5) is 189. The molecular weight excluding hydrogens is 1330 g/mol. The maximum absolute atomic E-state index is 15.4. The lowest BCUT2D eigenvalue weighted by Gasteiger charge is -2.42. The van der Waals surface area contributed by atoms with Crippen LogP contribution in [0.25, 0.3) is 0 Å². The fraction of sp³-hybridized carbons (Fsp3) is 0.829. The normalized spacial score (nSPS) is 30.5. The number of rotatable bonds is 11. The van der Waals surface area contributed by atoms with Gasteiger partial charge in [-0.2, -0.15) is 13.2 Å². The number of likely N-dealkylation sites (N-methyl/N-ethyl adjacent to an activating group) is 7. The molecule has 29 heteroatoms. The van der Waals surface area contributed by atoms with Gasteiger partial charge in [0, 0.05) is 79.7 Å². The Balaban J connectivity index is 1.41. The Hall–Kier alpha value is -5.99. The van der Waals surface area contributed by atoms with Crippen LogP contribution in [0.1, 0.15) is 183 Å². The summed E-state index contributed by atoms with van der Waals surface area (Å²) in [5.74, 6) is -11.3. The molecule has 3 saturated carbocycles. The highest BCUT2D eigenvalue weighted by Gasteiger charge is 2.52. The zero-order valence-corrected chi connectivity index (χ0v) is 62.3. The minimum atomic E-state index is -4.51. The Morgan fingerprint density at radius 2 is 1.22 bits per heavy atom. The van der Waals surface area contributed by atoms with Gasteiger partial charge in [0.05, 0.1) is 32.0 Å². The van der Waals surface area contributed by atoms with Gasteiger partial charge in [-0.3, -0.25) is 57.5 Å². The van der Waals surface area contributed by atoms with E-state index in [0.29, 0.717) is 64.5 Å². The van der Waals surface area contributed by atoms with Crippen LogP contribution in [-0.4, -0.2) is 268 Å². The fourth-order valence-electron chi connectivity index (χ4n) is 15.6. The molecule has 3 N–H and O–H groups in total. The largest absolute Gasteiger partial charge is 0.393 e. The molecule has 0 bridgehead atoms. The summed E-state index contributed by atoms with van der Waals surface area (Å²) < 4.78 is 42.0. The highest BCUT2D eigenvalue weighted by atomic mass is 35.5. The van der Waals surface area contributed by atoms with E-state index in [1.165, 1.54) is 73.8 Å². The Labute approximate surface area is 593 Å². The molecule has 99 heavy (non-hydrogen) atoms. The van der Waals surface area contributed by atoms with Crippen LogP contribution in [0.5, 0.6) is 0 Å². The number of hydrogen-bond acceptors (Lipinski definition) is 12. The lowest BCUT2D eigenvalue weighted by Crippen LogP contribution is -2.65. The first kappa shape index (κ1) is 82.0. The van der Waals surface area contributed by atoms with Gasteiger partial charge in [-0.1, -0.05) is 73.6 Å². The number of piperidine rings is 1. The van der Waals surface area contributed by atoms with Crippen LogP contribution in [0.2, 0.25) is 0 Å². The van der Waals surface area contributed by atoms with Crippen molar-refractivity contribution in [3.8, 4) is 0 Å². The van der Waals surface area contributed by atoms with Gasteiger partial charge in [-0.15, -0.1) is 23.2 Å². The third-order valence-electron chi connectivity index (χ3n) is 22.0. The first-order chi connectivity index (χ1) is 46.4. The van der Waals surface area contributed by atoms with Crippen LogP contribution < -0.4 is 16.0 Å². The van der Waals surface area contributed by atoms with Gasteiger partial charge >= 0.3 is 6.18 Å². The van der Waals surface area contributed by atoms with Gasteiger partial charge in [-0.05, 0) is 132 Å². The van der Waals surface area contributed by atoms with Crippen molar-refractivity contribution >= 4 is 94.1 Å². The van der Waals surface area contributed by atoms with Crippen molar-refractivity contribution in [2.24, 2.45) is 35.5 Å². The first-order valence-corrected chi connectivity index (χ1v) is 36.9. The van der Waals surface area contributed by atoms with E-state index in [-0.39, 0.29) is 93.9 Å². The molecule has 0 aromatic carbocycles. The molecule has 3 saturated heterocycles. The maximum atomic E-state index is 15.4. The third kappa shape index (κ3) is 21.1. The lowest BCUT2D eigenvalue weighted by atomic mass is 9.78. The van der Waals surface area contributed by atoms with Crippen LogP contribution in [0.4, 0.5) is 13.2 Å². The number of hydrogen-bond donors (Lipinski definition) is 3. The van der Waals surface area contributed by atoms with E-state index in [1.54, 1.807) is 25.7 Å². The Morgan fingerprint density at radius 3 is 1.82 bits per heavy atom. The van der Waals surface area contributed by atoms with Crippen LogP contribution in [0.15, 0.2) is 0 Å². The summed E-state index contributed by atoms with van der Waals surface area (Å²) >= 11 is 13.0. The smallest absolute Gasteiger partial charge is 0.343 e. The van der Waals surface area contributed by atoms with E-state index in [2.05, 4.69) is 16.0 Å². The Bertz CT molecular complexity index is 2880. The minimum Gasteiger partial charge on any atom is -0.343 e. The fourth-order valence-corrected chi connectivity index (χ4v) is 16.5. The molecule has 24 nitrogen and oxygen atoms in total. The molecule has 1 spiro atoms. The molecule has 3 aliphatic heterocycles. The predicted octanol–water partition coefficient (Wildman–Crippen LogP) is 5.78. The first-order valence-electron chi connectivity index (χ1n) is 36.1. The highest BCUT2D eigenvalue weighted by Crippen LogP contribution is 2.44. The minimum absolute atomic E-state index is 0.0103. The van der Waals surface area contributed by atoms with Crippen molar-refractivity contribution in [2.45, 2.75) is 248 Å². The SMILES string of the molecule is CC[C@H](C)[C@@H]1NC(=O)[C@H](CC(C)C)N(C)C(=O)C[C@@H](C(=O)N2CCCCC2)N(C)C(=O)[C@H](C(C)C)N(C)C(=O)C2(CCCC2)NC(=O)[C@@H]2CCCN2C(=O)[C@H](CCC2CCC(C(F)(F)F)C(Cl)C2)NC(=O)CN(C)C(=O)[C@H](CC2CCCC(Cl)C2)N(C)C(=O)CN(C)C(=O)CN(C)C1=O. The Kier molecular flexibility index (Phi) is 30.0. The summed E-state index contributed by atoms with van der Waals surface area (Å²) in [6.45, 7) is 9.86. The lowest BCUT2D eigenvalue weighted by molar-refractivity contribution is -0.182. The average Bonchev–Trinajstić information content (AvgIpc) is 1.75. The molecule has 0 aromatic heterocycles. The van der Waals surface area contributed by atoms with Crippen LogP contribution in [0.3, 0.4) is 0 Å². The van der Waals surface area contributed by atoms with E-state index in [0.717, 1.165) is 34.0 Å². The average molecular weight is 1440 g/mol.